The van der Waals surface area contributed by atoms with Crippen LogP contribution in [-0.4, -0.2) is 47.7 Å². The molecule has 0 bridgehead atoms. The zero-order valence-corrected chi connectivity index (χ0v) is 20.6. The molecule has 5 rings (SSSR count). The second kappa shape index (κ2) is 10.2. The summed E-state index contributed by atoms with van der Waals surface area (Å²) >= 11 is 1.21. The van der Waals surface area contributed by atoms with E-state index in [0.717, 1.165) is 22.4 Å². The van der Waals surface area contributed by atoms with Crippen molar-refractivity contribution in [1.82, 2.24) is 10.2 Å². The summed E-state index contributed by atoms with van der Waals surface area (Å²) in [5, 5.41) is 3.34. The number of carbonyl (C=O) groups is 2. The molecule has 8 nitrogen and oxygen atoms in total. The summed E-state index contributed by atoms with van der Waals surface area (Å²) in [5.74, 6) is 1.44. The summed E-state index contributed by atoms with van der Waals surface area (Å²) in [6.07, 6.45) is 0. The predicted molar refractivity (Wildman–Crippen MR) is 140 cm³/mol. The van der Waals surface area contributed by atoms with Crippen molar-refractivity contribution in [2.45, 2.75) is 12.6 Å². The number of fused-ring (bicyclic) bond motifs is 3. The number of ether oxygens (including phenoxy) is 2. The van der Waals surface area contributed by atoms with Crippen molar-refractivity contribution in [3.05, 3.63) is 89.5 Å². The molecule has 1 N–H and O–H groups in total. The molecular formula is C27H24N4O4S. The van der Waals surface area contributed by atoms with Gasteiger partial charge in [0, 0.05) is 17.7 Å². The molecule has 2 amide bonds. The number of amides is 2. The first-order valence-electron chi connectivity index (χ1n) is 11.3. The van der Waals surface area contributed by atoms with Gasteiger partial charge in [0.1, 0.15) is 5.84 Å². The van der Waals surface area contributed by atoms with Gasteiger partial charge < -0.3 is 14.8 Å². The Labute approximate surface area is 213 Å². The molecule has 0 fully saturated rings. The van der Waals surface area contributed by atoms with E-state index in [1.54, 1.807) is 20.3 Å². The van der Waals surface area contributed by atoms with Gasteiger partial charge in [-0.3, -0.25) is 9.59 Å². The Balaban J connectivity index is 1.32. The number of carbonyl (C=O) groups excluding carboxylic acids is 2. The average molecular weight is 501 g/mol. The summed E-state index contributed by atoms with van der Waals surface area (Å²) in [5.41, 5.74) is 3.13. The van der Waals surface area contributed by atoms with Crippen LogP contribution in [0.5, 0.6) is 11.5 Å². The Hall–Kier alpha value is -4.11. The fraction of sp³-hybridized carbons (Fsp3) is 0.185. The average Bonchev–Trinajstić information content (AvgIpc) is 3.28. The second-order valence-corrected chi connectivity index (χ2v) is 9.01. The van der Waals surface area contributed by atoms with Crippen molar-refractivity contribution in [1.29, 1.82) is 0 Å². The Kier molecular flexibility index (Phi) is 6.73. The van der Waals surface area contributed by atoms with Gasteiger partial charge in [0.2, 0.25) is 5.91 Å². The maximum Gasteiger partial charge on any atom is 0.263 e. The van der Waals surface area contributed by atoms with Gasteiger partial charge in [0.25, 0.3) is 5.91 Å². The van der Waals surface area contributed by atoms with Gasteiger partial charge in [-0.1, -0.05) is 66.4 Å². The lowest BCUT2D eigenvalue weighted by Gasteiger charge is -2.25. The topological polar surface area (TPSA) is 92.6 Å². The number of nitrogens with zero attached hydrogens (tertiary/aromatic N) is 3. The van der Waals surface area contributed by atoms with Crippen LogP contribution >= 0.6 is 11.8 Å². The van der Waals surface area contributed by atoms with Gasteiger partial charge >= 0.3 is 0 Å². The van der Waals surface area contributed by atoms with E-state index in [4.69, 9.17) is 19.5 Å². The van der Waals surface area contributed by atoms with Crippen LogP contribution < -0.4 is 14.8 Å². The second-order valence-electron chi connectivity index (χ2n) is 8.07. The van der Waals surface area contributed by atoms with Crippen LogP contribution in [0.1, 0.15) is 22.7 Å². The quantitative estimate of drug-likeness (QED) is 0.528. The summed E-state index contributed by atoms with van der Waals surface area (Å²) in [6, 6.07) is 21.9. The molecule has 3 aromatic rings. The number of para-hydroxylation sites is 2. The van der Waals surface area contributed by atoms with Crippen molar-refractivity contribution < 1.29 is 19.1 Å². The lowest BCUT2D eigenvalue weighted by atomic mass is 10.1. The van der Waals surface area contributed by atoms with E-state index in [2.05, 4.69) is 5.32 Å². The number of hydrogen-bond acceptors (Lipinski definition) is 7. The summed E-state index contributed by atoms with van der Waals surface area (Å²) in [7, 11) is 3.13. The summed E-state index contributed by atoms with van der Waals surface area (Å²) < 4.78 is 10.8. The van der Waals surface area contributed by atoms with Gasteiger partial charge in [0.15, 0.2) is 22.7 Å². The highest BCUT2D eigenvalue weighted by atomic mass is 32.2. The number of thioether (sulfide) groups is 1. The molecule has 1 atom stereocenters. The van der Waals surface area contributed by atoms with E-state index in [-0.39, 0.29) is 24.1 Å². The molecule has 2 aliphatic heterocycles. The van der Waals surface area contributed by atoms with Gasteiger partial charge in [-0.2, -0.15) is 0 Å². The lowest BCUT2D eigenvalue weighted by Crippen LogP contribution is -2.40. The third-order valence-electron chi connectivity index (χ3n) is 5.88. The minimum absolute atomic E-state index is 0.0837. The number of benzene rings is 3. The zero-order valence-electron chi connectivity index (χ0n) is 19.8. The zero-order chi connectivity index (χ0) is 25.1. The molecule has 182 valence electrons. The Morgan fingerprint density at radius 1 is 1.00 bits per heavy atom. The molecular weight excluding hydrogens is 476 g/mol. The highest BCUT2D eigenvalue weighted by molar-refractivity contribution is 8.14. The minimum Gasteiger partial charge on any atom is -0.493 e. The number of methoxy groups -OCH3 is 2. The summed E-state index contributed by atoms with van der Waals surface area (Å²) in [4.78, 5) is 37.2. The van der Waals surface area contributed by atoms with Gasteiger partial charge in [0.05, 0.1) is 25.7 Å². The number of amidine groups is 2. The highest BCUT2D eigenvalue weighted by Gasteiger charge is 2.42. The molecule has 0 aromatic heterocycles. The van der Waals surface area contributed by atoms with Gasteiger partial charge in [-0.15, -0.1) is 0 Å². The normalized spacial score (nSPS) is 16.0. The van der Waals surface area contributed by atoms with Crippen LogP contribution in [0.3, 0.4) is 0 Å². The van der Waals surface area contributed by atoms with Crippen molar-refractivity contribution in [2.75, 3.05) is 20.0 Å². The molecule has 2 aliphatic rings. The predicted octanol–water partition coefficient (Wildman–Crippen LogP) is 4.08. The number of rotatable bonds is 7. The SMILES string of the molecule is COc1cccc(CNC(=O)CSC2=Nc3ccccc3C3=N[C@H](c4ccccc4)C(=O)N23)c1OC. The van der Waals surface area contributed by atoms with Gasteiger partial charge in [-0.05, 0) is 23.8 Å². The number of hydrogen-bond donors (Lipinski definition) is 1. The largest absolute Gasteiger partial charge is 0.493 e. The Morgan fingerprint density at radius 3 is 2.56 bits per heavy atom. The fourth-order valence-corrected chi connectivity index (χ4v) is 5.00. The lowest BCUT2D eigenvalue weighted by molar-refractivity contribution is -0.124. The standard InChI is InChI=1S/C27H24N4O4S/c1-34-21-14-8-11-18(24(21)35-2)15-28-22(32)16-36-27-29-20-13-7-6-12-19(20)25-30-23(26(33)31(25)27)17-9-4-3-5-10-17/h3-14,23H,15-16H2,1-2H3,(H,28,32)/t23-/m1/s1. The van der Waals surface area contributed by atoms with Gasteiger partial charge in [-0.25, -0.2) is 14.9 Å². The molecule has 36 heavy (non-hydrogen) atoms. The van der Waals surface area contributed by atoms with Crippen LogP contribution in [0.25, 0.3) is 0 Å². The molecule has 0 saturated heterocycles. The van der Waals surface area contributed by atoms with Crippen molar-refractivity contribution in [3.8, 4) is 11.5 Å². The smallest absolute Gasteiger partial charge is 0.263 e. The molecule has 2 heterocycles. The van der Waals surface area contributed by atoms with E-state index in [1.165, 1.54) is 16.7 Å². The monoisotopic (exact) mass is 500 g/mol. The third kappa shape index (κ3) is 4.45. The Morgan fingerprint density at radius 2 is 1.78 bits per heavy atom. The Bertz CT molecular complexity index is 1370. The van der Waals surface area contributed by atoms with E-state index < -0.39 is 6.04 Å². The van der Waals surface area contributed by atoms with E-state index in [9.17, 15) is 9.59 Å². The minimum atomic E-state index is -0.646. The molecule has 0 unspecified atom stereocenters. The van der Waals surface area contributed by atoms with Crippen LogP contribution in [0.2, 0.25) is 0 Å². The maximum absolute atomic E-state index is 13.4. The molecule has 0 spiro atoms. The van der Waals surface area contributed by atoms with Crippen molar-refractivity contribution in [2.24, 2.45) is 9.98 Å². The molecule has 0 aliphatic carbocycles. The molecule has 9 heteroatoms. The maximum atomic E-state index is 13.4. The third-order valence-corrected chi connectivity index (χ3v) is 6.82. The molecule has 0 saturated carbocycles. The van der Waals surface area contributed by atoms with Crippen LogP contribution in [0.4, 0.5) is 5.69 Å². The first-order valence-corrected chi connectivity index (χ1v) is 12.3. The first-order chi connectivity index (χ1) is 17.6. The first kappa shape index (κ1) is 23.6. The fourth-order valence-electron chi connectivity index (χ4n) is 4.17. The van der Waals surface area contributed by atoms with E-state index in [0.29, 0.717) is 22.5 Å². The number of aliphatic imine (C=N–C) groups is 2. The van der Waals surface area contributed by atoms with Crippen LogP contribution in [0.15, 0.2) is 82.8 Å². The highest BCUT2D eigenvalue weighted by Crippen LogP contribution is 2.37. The van der Waals surface area contributed by atoms with Crippen molar-refractivity contribution in [3.63, 3.8) is 0 Å². The van der Waals surface area contributed by atoms with Crippen LogP contribution in [0, 0.1) is 0 Å². The molecule has 3 aromatic carbocycles. The molecule has 0 radical (unpaired) electrons. The van der Waals surface area contributed by atoms with Crippen molar-refractivity contribution >= 4 is 40.3 Å². The summed E-state index contributed by atoms with van der Waals surface area (Å²) in [6.45, 7) is 0.278. The number of nitrogens with one attached hydrogen (secondary N) is 1. The van der Waals surface area contributed by atoms with E-state index in [1.807, 2.05) is 66.7 Å². The van der Waals surface area contributed by atoms with E-state index >= 15 is 0 Å². The van der Waals surface area contributed by atoms with Crippen LogP contribution in [-0.2, 0) is 16.1 Å².